The Balaban J connectivity index is 3.57. The summed E-state index contributed by atoms with van der Waals surface area (Å²) in [6.45, 7) is 13.8. The molecule has 3 heteroatoms. The highest BCUT2D eigenvalue weighted by atomic mass is 16.5. The van der Waals surface area contributed by atoms with Crippen molar-refractivity contribution in [1.82, 2.24) is 5.32 Å². The van der Waals surface area contributed by atoms with Gasteiger partial charge < -0.3 is 14.8 Å². The zero-order valence-electron chi connectivity index (χ0n) is 13.0. The van der Waals surface area contributed by atoms with Crippen LogP contribution in [0.1, 0.15) is 40.5 Å². The maximum atomic E-state index is 5.64. The van der Waals surface area contributed by atoms with Crippen LogP contribution in [0.2, 0.25) is 0 Å². The molecule has 0 bridgehead atoms. The van der Waals surface area contributed by atoms with Gasteiger partial charge in [0, 0.05) is 26.9 Å². The fourth-order valence-corrected chi connectivity index (χ4v) is 1.87. The van der Waals surface area contributed by atoms with Crippen molar-refractivity contribution in [3.63, 3.8) is 0 Å². The van der Waals surface area contributed by atoms with Gasteiger partial charge in [0.15, 0.2) is 0 Å². The first-order valence-electron chi connectivity index (χ1n) is 7.35. The second-order valence-corrected chi connectivity index (χ2v) is 5.80. The molecule has 0 rings (SSSR count). The Morgan fingerprint density at radius 2 is 1.67 bits per heavy atom. The molecule has 0 amide bonds. The second kappa shape index (κ2) is 11.9. The van der Waals surface area contributed by atoms with E-state index in [-0.39, 0.29) is 0 Å². The Kier molecular flexibility index (Phi) is 11.9. The number of ether oxygens (including phenoxy) is 2. The minimum atomic E-state index is 0.714. The summed E-state index contributed by atoms with van der Waals surface area (Å²) in [4.78, 5) is 0. The van der Waals surface area contributed by atoms with E-state index in [1.54, 1.807) is 7.11 Å². The first-order chi connectivity index (χ1) is 8.57. The van der Waals surface area contributed by atoms with E-state index in [1.807, 2.05) is 0 Å². The predicted molar refractivity (Wildman–Crippen MR) is 78.0 cm³/mol. The van der Waals surface area contributed by atoms with Crippen molar-refractivity contribution in [2.24, 2.45) is 17.8 Å². The van der Waals surface area contributed by atoms with Gasteiger partial charge in [-0.2, -0.15) is 0 Å². The molecule has 0 heterocycles. The summed E-state index contributed by atoms with van der Waals surface area (Å²) in [5.41, 5.74) is 0. The van der Waals surface area contributed by atoms with E-state index < -0.39 is 0 Å². The Morgan fingerprint density at radius 1 is 0.944 bits per heavy atom. The normalized spacial score (nSPS) is 13.5. The third-order valence-corrected chi connectivity index (χ3v) is 3.17. The summed E-state index contributed by atoms with van der Waals surface area (Å²) in [5.74, 6) is 2.15. The van der Waals surface area contributed by atoms with Crippen LogP contribution in [0, 0.1) is 17.8 Å². The third-order valence-electron chi connectivity index (χ3n) is 3.17. The van der Waals surface area contributed by atoms with Gasteiger partial charge >= 0.3 is 0 Å². The number of hydrogen-bond donors (Lipinski definition) is 1. The lowest BCUT2D eigenvalue weighted by Gasteiger charge is -2.22. The smallest absolute Gasteiger partial charge is 0.0487 e. The average Bonchev–Trinajstić information content (AvgIpc) is 2.30. The maximum absolute atomic E-state index is 5.64. The molecule has 0 aromatic heterocycles. The fourth-order valence-electron chi connectivity index (χ4n) is 1.87. The van der Waals surface area contributed by atoms with Gasteiger partial charge in [-0.3, -0.25) is 0 Å². The lowest BCUT2D eigenvalue weighted by molar-refractivity contribution is 0.0891. The predicted octanol–water partition coefficient (Wildman–Crippen LogP) is 2.95. The van der Waals surface area contributed by atoms with Gasteiger partial charge in [-0.1, -0.05) is 27.7 Å². The Bertz CT molecular complexity index is 172. The Hall–Kier alpha value is -0.120. The van der Waals surface area contributed by atoms with Gasteiger partial charge in [-0.15, -0.1) is 0 Å². The number of methoxy groups -OCH3 is 1. The van der Waals surface area contributed by atoms with Crippen LogP contribution in [0.3, 0.4) is 0 Å². The molecule has 0 saturated heterocycles. The second-order valence-electron chi connectivity index (χ2n) is 5.80. The lowest BCUT2D eigenvalue weighted by Crippen LogP contribution is -2.29. The van der Waals surface area contributed by atoms with E-state index >= 15 is 0 Å². The summed E-state index contributed by atoms with van der Waals surface area (Å²) >= 11 is 0. The molecule has 1 unspecified atom stereocenters. The van der Waals surface area contributed by atoms with Gasteiger partial charge in [0.05, 0.1) is 0 Å². The minimum absolute atomic E-state index is 0.714. The van der Waals surface area contributed by atoms with Crippen LogP contribution >= 0.6 is 0 Å². The SMILES string of the molecule is COCCCOCCC(CNCC(C)C)C(C)C. The summed E-state index contributed by atoms with van der Waals surface area (Å²) in [5, 5.41) is 3.55. The first-order valence-corrected chi connectivity index (χ1v) is 7.35. The fraction of sp³-hybridized carbons (Fsp3) is 1.00. The first kappa shape index (κ1) is 17.9. The molecule has 3 nitrogen and oxygen atoms in total. The quantitative estimate of drug-likeness (QED) is 0.547. The molecule has 1 atom stereocenters. The highest BCUT2D eigenvalue weighted by molar-refractivity contribution is 4.66. The van der Waals surface area contributed by atoms with Crippen LogP contribution in [0.15, 0.2) is 0 Å². The summed E-state index contributed by atoms with van der Waals surface area (Å²) in [6, 6.07) is 0. The molecule has 0 aromatic rings. The molecular formula is C15H33NO2. The molecule has 0 aliphatic heterocycles. The van der Waals surface area contributed by atoms with Crippen molar-refractivity contribution >= 4 is 0 Å². The van der Waals surface area contributed by atoms with Crippen molar-refractivity contribution in [3.05, 3.63) is 0 Å². The minimum Gasteiger partial charge on any atom is -0.385 e. The monoisotopic (exact) mass is 259 g/mol. The molecule has 0 saturated carbocycles. The highest BCUT2D eigenvalue weighted by Gasteiger charge is 2.12. The standard InChI is InChI=1S/C15H33NO2/c1-13(2)11-16-12-15(14(3)4)7-10-18-9-6-8-17-5/h13-16H,6-12H2,1-5H3. The van der Waals surface area contributed by atoms with Crippen molar-refractivity contribution < 1.29 is 9.47 Å². The number of hydrogen-bond acceptors (Lipinski definition) is 3. The van der Waals surface area contributed by atoms with Gasteiger partial charge in [0.25, 0.3) is 0 Å². The van der Waals surface area contributed by atoms with E-state index in [0.717, 1.165) is 51.7 Å². The van der Waals surface area contributed by atoms with Crippen LogP contribution in [-0.4, -0.2) is 40.0 Å². The van der Waals surface area contributed by atoms with Crippen LogP contribution in [0.4, 0.5) is 0 Å². The number of rotatable bonds is 12. The molecular weight excluding hydrogens is 226 g/mol. The van der Waals surface area contributed by atoms with Gasteiger partial charge in [0.2, 0.25) is 0 Å². The number of nitrogens with one attached hydrogen (secondary N) is 1. The van der Waals surface area contributed by atoms with Crippen molar-refractivity contribution in [3.8, 4) is 0 Å². The molecule has 0 fully saturated rings. The van der Waals surface area contributed by atoms with Crippen LogP contribution in [-0.2, 0) is 9.47 Å². The van der Waals surface area contributed by atoms with Crippen molar-refractivity contribution in [1.29, 1.82) is 0 Å². The van der Waals surface area contributed by atoms with Gasteiger partial charge in [-0.25, -0.2) is 0 Å². The van der Waals surface area contributed by atoms with Gasteiger partial charge in [0.1, 0.15) is 0 Å². The lowest BCUT2D eigenvalue weighted by atomic mass is 9.92. The van der Waals surface area contributed by atoms with Gasteiger partial charge in [-0.05, 0) is 43.7 Å². The molecule has 0 aliphatic rings. The molecule has 0 aliphatic carbocycles. The molecule has 18 heavy (non-hydrogen) atoms. The van der Waals surface area contributed by atoms with E-state index in [1.165, 1.54) is 0 Å². The molecule has 0 radical (unpaired) electrons. The summed E-state index contributed by atoms with van der Waals surface area (Å²) < 4.78 is 10.6. The largest absolute Gasteiger partial charge is 0.385 e. The van der Waals surface area contributed by atoms with E-state index in [2.05, 4.69) is 33.0 Å². The van der Waals surface area contributed by atoms with Crippen LogP contribution in [0.5, 0.6) is 0 Å². The molecule has 110 valence electrons. The summed E-state index contributed by atoms with van der Waals surface area (Å²) in [6.07, 6.45) is 2.14. The molecule has 0 spiro atoms. The maximum Gasteiger partial charge on any atom is 0.0487 e. The van der Waals surface area contributed by atoms with Crippen LogP contribution in [0.25, 0.3) is 0 Å². The average molecular weight is 259 g/mol. The summed E-state index contributed by atoms with van der Waals surface area (Å²) in [7, 11) is 1.73. The van der Waals surface area contributed by atoms with E-state index in [0.29, 0.717) is 11.8 Å². The Morgan fingerprint density at radius 3 is 2.22 bits per heavy atom. The molecule has 0 aromatic carbocycles. The van der Waals surface area contributed by atoms with E-state index in [9.17, 15) is 0 Å². The molecule has 1 N–H and O–H groups in total. The van der Waals surface area contributed by atoms with Crippen molar-refractivity contribution in [2.75, 3.05) is 40.0 Å². The zero-order chi connectivity index (χ0) is 13.8. The third kappa shape index (κ3) is 11.0. The highest BCUT2D eigenvalue weighted by Crippen LogP contribution is 2.14. The van der Waals surface area contributed by atoms with Crippen LogP contribution < -0.4 is 5.32 Å². The zero-order valence-corrected chi connectivity index (χ0v) is 13.0. The Labute approximate surface area is 114 Å². The van der Waals surface area contributed by atoms with E-state index in [4.69, 9.17) is 9.47 Å². The topological polar surface area (TPSA) is 30.5 Å². The van der Waals surface area contributed by atoms with Crippen molar-refractivity contribution in [2.45, 2.75) is 40.5 Å².